The van der Waals surface area contributed by atoms with Crippen LogP contribution in [0.3, 0.4) is 0 Å². The van der Waals surface area contributed by atoms with E-state index in [9.17, 15) is 22.8 Å². The maximum Gasteiger partial charge on any atom is 0.330 e. The Kier molecular flexibility index (Phi) is 5.46. The summed E-state index contributed by atoms with van der Waals surface area (Å²) in [7, 11) is -2.35. The van der Waals surface area contributed by atoms with Gasteiger partial charge in [0.25, 0.3) is 21.5 Å². The molecule has 156 valence electrons. The minimum Gasteiger partial charge on any atom is -0.383 e. The molecule has 0 radical (unpaired) electrons. The summed E-state index contributed by atoms with van der Waals surface area (Å²) in [4.78, 5) is 42.3. The summed E-state index contributed by atoms with van der Waals surface area (Å²) in [5.41, 5.74) is 4.40. The number of hydrogen-bond acceptors (Lipinski definition) is 7. The Labute approximate surface area is 166 Å². The van der Waals surface area contributed by atoms with Crippen LogP contribution in [0, 0.1) is 0 Å². The maximum atomic E-state index is 13.1. The molecule has 1 aromatic heterocycles. The number of likely N-dealkylation sites (N-methyl/N-ethyl adjacent to an activating group) is 1. The van der Waals surface area contributed by atoms with Gasteiger partial charge in [0.05, 0.1) is 11.3 Å². The summed E-state index contributed by atoms with van der Waals surface area (Å²) in [5, 5.41) is 0. The van der Waals surface area contributed by atoms with Crippen molar-refractivity contribution in [3.63, 3.8) is 0 Å². The average Bonchev–Trinajstić information content (AvgIpc) is 2.65. The molecule has 1 aromatic rings. The normalized spacial score (nSPS) is 17.4. The van der Waals surface area contributed by atoms with Gasteiger partial charge < -0.3 is 15.5 Å². The monoisotopic (exact) mass is 422 g/mol. The number of nitrogens with one attached hydrogen (secondary N) is 1. The molecule has 0 spiro atoms. The SMILES string of the molecule is CCCCn1c(N)c(N(C)C(=O)C2=CC=CN3CCS(=O)(=O)N=C23)c(=O)[nH]c1=O. The van der Waals surface area contributed by atoms with E-state index in [0.717, 1.165) is 11.3 Å². The molecule has 12 heteroatoms. The number of anilines is 2. The number of amidine groups is 1. The fraction of sp³-hybridized carbons (Fsp3) is 0.412. The largest absolute Gasteiger partial charge is 0.383 e. The lowest BCUT2D eigenvalue weighted by Crippen LogP contribution is -2.45. The minimum atomic E-state index is -3.69. The molecule has 11 nitrogen and oxygen atoms in total. The molecule has 0 unspecified atom stereocenters. The Morgan fingerprint density at radius 2 is 2.10 bits per heavy atom. The predicted octanol–water partition coefficient (Wildman–Crippen LogP) is -0.621. The fourth-order valence-corrected chi connectivity index (χ4v) is 4.09. The summed E-state index contributed by atoms with van der Waals surface area (Å²) >= 11 is 0. The van der Waals surface area contributed by atoms with E-state index in [-0.39, 0.29) is 41.8 Å². The van der Waals surface area contributed by atoms with Crippen molar-refractivity contribution in [2.45, 2.75) is 26.3 Å². The van der Waals surface area contributed by atoms with E-state index in [0.29, 0.717) is 6.42 Å². The van der Waals surface area contributed by atoms with Crippen molar-refractivity contribution in [1.29, 1.82) is 0 Å². The first-order valence-electron chi connectivity index (χ1n) is 9.05. The Hall–Kier alpha value is -3.15. The molecule has 0 saturated heterocycles. The number of hydrogen-bond donors (Lipinski definition) is 2. The molecule has 29 heavy (non-hydrogen) atoms. The Balaban J connectivity index is 2.04. The average molecular weight is 422 g/mol. The number of fused-ring (bicyclic) bond motifs is 1. The summed E-state index contributed by atoms with van der Waals surface area (Å²) in [6.45, 7) is 2.39. The summed E-state index contributed by atoms with van der Waals surface area (Å²) in [6.07, 6.45) is 6.10. The second kappa shape index (κ2) is 7.70. The lowest BCUT2D eigenvalue weighted by molar-refractivity contribution is -0.114. The molecule has 3 rings (SSSR count). The number of carbonyl (C=O) groups excluding carboxylic acids is 1. The molecule has 3 N–H and O–H groups in total. The first kappa shape index (κ1) is 20.6. The molecule has 2 aliphatic heterocycles. The minimum absolute atomic E-state index is 0.00313. The number of carbonyl (C=O) groups is 1. The van der Waals surface area contributed by atoms with Crippen LogP contribution in [0.2, 0.25) is 0 Å². The third-order valence-corrected chi connectivity index (χ3v) is 5.83. The highest BCUT2D eigenvalue weighted by molar-refractivity contribution is 7.90. The molecule has 0 atom stereocenters. The number of nitrogens with two attached hydrogens (primary N) is 1. The van der Waals surface area contributed by atoms with Gasteiger partial charge in [0.2, 0.25) is 0 Å². The van der Waals surface area contributed by atoms with Crippen LogP contribution in [-0.2, 0) is 21.4 Å². The number of nitrogens with zero attached hydrogens (tertiary/aromatic N) is 4. The van der Waals surface area contributed by atoms with Crippen LogP contribution in [0.5, 0.6) is 0 Å². The van der Waals surface area contributed by atoms with Crippen LogP contribution < -0.4 is 21.9 Å². The molecule has 0 saturated carbocycles. The predicted molar refractivity (Wildman–Crippen MR) is 109 cm³/mol. The Bertz CT molecular complexity index is 1160. The van der Waals surface area contributed by atoms with Crippen LogP contribution in [-0.4, -0.2) is 54.0 Å². The Morgan fingerprint density at radius 1 is 1.38 bits per heavy atom. The summed E-state index contributed by atoms with van der Waals surface area (Å²) in [5.74, 6) is -0.976. The van der Waals surface area contributed by atoms with Gasteiger partial charge in [-0.2, -0.15) is 0 Å². The maximum absolute atomic E-state index is 13.1. The summed E-state index contributed by atoms with van der Waals surface area (Å²) in [6, 6.07) is 0. The van der Waals surface area contributed by atoms with Gasteiger partial charge in [-0.15, -0.1) is 4.40 Å². The van der Waals surface area contributed by atoms with Crippen LogP contribution in [0.25, 0.3) is 0 Å². The zero-order chi connectivity index (χ0) is 21.3. The fourth-order valence-electron chi connectivity index (χ4n) is 3.11. The zero-order valence-electron chi connectivity index (χ0n) is 16.1. The van der Waals surface area contributed by atoms with Crippen LogP contribution >= 0.6 is 0 Å². The topological polar surface area (TPSA) is 151 Å². The van der Waals surface area contributed by atoms with E-state index in [2.05, 4.69) is 9.38 Å². The molecule has 0 aromatic carbocycles. The Morgan fingerprint density at radius 3 is 2.79 bits per heavy atom. The molecule has 2 aliphatic rings. The van der Waals surface area contributed by atoms with Crippen molar-refractivity contribution in [2.75, 3.05) is 30.0 Å². The van der Waals surface area contributed by atoms with Gasteiger partial charge in [0, 0.05) is 26.3 Å². The van der Waals surface area contributed by atoms with Crippen LogP contribution in [0.1, 0.15) is 19.8 Å². The van der Waals surface area contributed by atoms with Gasteiger partial charge >= 0.3 is 5.69 Å². The smallest absolute Gasteiger partial charge is 0.330 e. The molecule has 0 aliphatic carbocycles. The van der Waals surface area contributed by atoms with Crippen molar-refractivity contribution >= 4 is 33.3 Å². The first-order chi connectivity index (χ1) is 13.7. The van der Waals surface area contributed by atoms with E-state index in [1.54, 1.807) is 17.2 Å². The lowest BCUT2D eigenvalue weighted by atomic mass is 10.1. The molecule has 0 fully saturated rings. The number of aromatic nitrogens is 2. The molecular formula is C17H22N6O5S. The zero-order valence-corrected chi connectivity index (χ0v) is 16.9. The number of unbranched alkanes of at least 4 members (excludes halogenated alkanes) is 1. The highest BCUT2D eigenvalue weighted by atomic mass is 32.2. The standard InChI is InChI=1S/C17H22N6O5S/c1-3-4-8-23-13(18)12(15(24)19-17(23)26)21(2)16(25)11-6-5-7-22-9-10-29(27,28)20-14(11)22/h5-7H,3-4,8-10,18H2,1-2H3,(H,19,24,26). The number of amides is 1. The lowest BCUT2D eigenvalue weighted by Gasteiger charge is -2.30. The second-order valence-electron chi connectivity index (χ2n) is 6.68. The van der Waals surface area contributed by atoms with E-state index in [4.69, 9.17) is 5.73 Å². The van der Waals surface area contributed by atoms with E-state index >= 15 is 0 Å². The number of allylic oxidation sites excluding steroid dienone is 2. The van der Waals surface area contributed by atoms with Gasteiger partial charge in [-0.3, -0.25) is 19.1 Å². The van der Waals surface area contributed by atoms with Crippen molar-refractivity contribution in [3.05, 3.63) is 44.8 Å². The van der Waals surface area contributed by atoms with Crippen molar-refractivity contribution in [1.82, 2.24) is 14.5 Å². The third kappa shape index (κ3) is 3.88. The molecular weight excluding hydrogens is 400 g/mol. The summed E-state index contributed by atoms with van der Waals surface area (Å²) < 4.78 is 28.7. The second-order valence-corrected chi connectivity index (χ2v) is 8.43. The number of sulfonamides is 1. The van der Waals surface area contributed by atoms with Crippen molar-refractivity contribution in [2.24, 2.45) is 4.40 Å². The van der Waals surface area contributed by atoms with Crippen LogP contribution in [0.4, 0.5) is 11.5 Å². The third-order valence-electron chi connectivity index (χ3n) is 4.68. The van der Waals surface area contributed by atoms with E-state index in [1.165, 1.54) is 17.7 Å². The highest BCUT2D eigenvalue weighted by Crippen LogP contribution is 2.22. The van der Waals surface area contributed by atoms with Crippen molar-refractivity contribution in [3.8, 4) is 0 Å². The highest BCUT2D eigenvalue weighted by Gasteiger charge is 2.33. The van der Waals surface area contributed by atoms with E-state index in [1.807, 2.05) is 6.92 Å². The van der Waals surface area contributed by atoms with Gasteiger partial charge in [0.1, 0.15) is 5.82 Å². The molecule has 1 amide bonds. The van der Waals surface area contributed by atoms with Gasteiger partial charge in [-0.25, -0.2) is 13.2 Å². The number of aromatic amines is 1. The van der Waals surface area contributed by atoms with Crippen LogP contribution in [0.15, 0.2) is 37.9 Å². The quantitative estimate of drug-likeness (QED) is 0.642. The van der Waals surface area contributed by atoms with Gasteiger partial charge in [-0.05, 0) is 18.6 Å². The number of rotatable bonds is 5. The van der Waals surface area contributed by atoms with Gasteiger partial charge in [0.15, 0.2) is 11.5 Å². The first-order valence-corrected chi connectivity index (χ1v) is 10.7. The van der Waals surface area contributed by atoms with Gasteiger partial charge in [-0.1, -0.05) is 13.3 Å². The molecule has 0 bridgehead atoms. The number of nitrogen functional groups attached to an aromatic ring is 1. The van der Waals surface area contributed by atoms with Crippen molar-refractivity contribution < 1.29 is 13.2 Å². The number of H-pyrrole nitrogens is 1. The molecule has 3 heterocycles. The van der Waals surface area contributed by atoms with E-state index < -0.39 is 27.2 Å².